The topological polar surface area (TPSA) is 116 Å². The van der Waals surface area contributed by atoms with E-state index >= 15 is 0 Å². The lowest BCUT2D eigenvalue weighted by atomic mass is 10.3. The van der Waals surface area contributed by atoms with Crippen molar-refractivity contribution in [1.82, 2.24) is 19.1 Å². The second kappa shape index (κ2) is 10.6. The first-order chi connectivity index (χ1) is 15.2. The Bertz CT molecular complexity index is 1050. The van der Waals surface area contributed by atoms with Crippen molar-refractivity contribution >= 4 is 33.4 Å². The number of amides is 1. The van der Waals surface area contributed by atoms with E-state index in [1.807, 2.05) is 32.4 Å². The van der Waals surface area contributed by atoms with Crippen molar-refractivity contribution in [1.29, 1.82) is 0 Å². The van der Waals surface area contributed by atoms with Crippen molar-refractivity contribution in [3.8, 4) is 5.75 Å². The fourth-order valence-corrected chi connectivity index (χ4v) is 5.32. The number of aromatic nitrogens is 3. The number of carbonyl (C=O) groups is 1. The lowest BCUT2D eigenvalue weighted by molar-refractivity contribution is -0.113. The third-order valence-electron chi connectivity index (χ3n) is 4.77. The monoisotopic (exact) mass is 483 g/mol. The number of ether oxygens (including phenoxy) is 2. The van der Waals surface area contributed by atoms with Gasteiger partial charge in [-0.25, -0.2) is 8.42 Å². The predicted molar refractivity (Wildman–Crippen MR) is 122 cm³/mol. The number of anilines is 1. The molecule has 1 saturated heterocycles. The molecule has 3 rings (SSSR count). The molecule has 2 heterocycles. The van der Waals surface area contributed by atoms with Crippen molar-refractivity contribution in [2.24, 2.45) is 7.05 Å². The van der Waals surface area contributed by atoms with Gasteiger partial charge in [0.1, 0.15) is 11.6 Å². The summed E-state index contributed by atoms with van der Waals surface area (Å²) in [6, 6.07) is 4.52. The van der Waals surface area contributed by atoms with Crippen molar-refractivity contribution in [2.75, 3.05) is 37.4 Å². The number of nitrogens with one attached hydrogen (secondary N) is 1. The van der Waals surface area contributed by atoms with Crippen LogP contribution in [0.2, 0.25) is 0 Å². The Morgan fingerprint density at radius 3 is 2.62 bits per heavy atom. The van der Waals surface area contributed by atoms with Gasteiger partial charge in [-0.15, -0.1) is 10.2 Å². The molecule has 0 bridgehead atoms. The summed E-state index contributed by atoms with van der Waals surface area (Å²) in [5, 5.41) is 11.6. The molecule has 0 atom stereocenters. The number of morpholine rings is 1. The molecule has 1 aliphatic rings. The Morgan fingerprint density at radius 2 is 2.00 bits per heavy atom. The van der Waals surface area contributed by atoms with E-state index in [4.69, 9.17) is 9.47 Å². The number of carbonyl (C=O) groups excluding carboxylic acids is 1. The molecule has 1 N–H and O–H groups in total. The number of nitrogens with zero attached hydrogens (tertiary/aromatic N) is 4. The van der Waals surface area contributed by atoms with E-state index < -0.39 is 10.0 Å². The molecule has 1 amide bonds. The maximum Gasteiger partial charge on any atom is 0.243 e. The normalized spacial score (nSPS) is 15.2. The molecular weight excluding hydrogens is 454 g/mol. The highest BCUT2D eigenvalue weighted by atomic mass is 32.2. The van der Waals surface area contributed by atoms with E-state index in [0.29, 0.717) is 42.9 Å². The van der Waals surface area contributed by atoms with E-state index in [2.05, 4.69) is 15.5 Å². The largest absolute Gasteiger partial charge is 0.489 e. The van der Waals surface area contributed by atoms with Crippen LogP contribution in [-0.4, -0.2) is 71.6 Å². The molecule has 2 aromatic rings. The van der Waals surface area contributed by atoms with Crippen LogP contribution in [0.15, 0.2) is 28.3 Å². The summed E-state index contributed by atoms with van der Waals surface area (Å²) in [5.41, 5.74) is 0.311. The zero-order valence-electron chi connectivity index (χ0n) is 18.7. The minimum absolute atomic E-state index is 0.0945. The molecule has 0 unspecified atom stereocenters. The lowest BCUT2D eigenvalue weighted by Crippen LogP contribution is -2.40. The maximum absolute atomic E-state index is 13.0. The average Bonchev–Trinajstić information content (AvgIpc) is 3.13. The van der Waals surface area contributed by atoms with Gasteiger partial charge in [0, 0.05) is 26.6 Å². The van der Waals surface area contributed by atoms with Gasteiger partial charge in [0.25, 0.3) is 0 Å². The summed E-state index contributed by atoms with van der Waals surface area (Å²) in [4.78, 5) is 12.7. The third kappa shape index (κ3) is 5.80. The van der Waals surface area contributed by atoms with Gasteiger partial charge in [-0.3, -0.25) is 4.79 Å². The van der Waals surface area contributed by atoms with E-state index in [9.17, 15) is 13.2 Å². The Hall–Kier alpha value is -2.15. The van der Waals surface area contributed by atoms with E-state index in [0.717, 1.165) is 12.2 Å². The zero-order chi connectivity index (χ0) is 23.3. The number of aryl methyl sites for hydroxylation is 1. The van der Waals surface area contributed by atoms with Gasteiger partial charge >= 0.3 is 0 Å². The first-order valence-electron chi connectivity index (χ1n) is 10.4. The first-order valence-corrected chi connectivity index (χ1v) is 12.8. The molecule has 0 spiro atoms. The third-order valence-corrected chi connectivity index (χ3v) is 7.68. The molecule has 0 radical (unpaired) electrons. The van der Waals surface area contributed by atoms with Gasteiger partial charge in [-0.2, -0.15) is 4.31 Å². The minimum atomic E-state index is -3.71. The summed E-state index contributed by atoms with van der Waals surface area (Å²) in [5.74, 6) is 1.04. The SMILES string of the molecule is CCc1nnc(SCC(=O)Nc2cc(S(=O)(=O)N3CCOCC3)ccc2OC(C)C)n1C. The minimum Gasteiger partial charge on any atom is -0.489 e. The smallest absolute Gasteiger partial charge is 0.243 e. The van der Waals surface area contributed by atoms with Crippen LogP contribution in [0.25, 0.3) is 0 Å². The van der Waals surface area contributed by atoms with Gasteiger partial charge in [-0.1, -0.05) is 18.7 Å². The fraction of sp³-hybridized carbons (Fsp3) is 0.550. The average molecular weight is 484 g/mol. The lowest BCUT2D eigenvalue weighted by Gasteiger charge is -2.26. The van der Waals surface area contributed by atoms with Crippen LogP contribution < -0.4 is 10.1 Å². The van der Waals surface area contributed by atoms with Gasteiger partial charge in [0.05, 0.1) is 35.7 Å². The van der Waals surface area contributed by atoms with Crippen molar-refractivity contribution in [3.63, 3.8) is 0 Å². The van der Waals surface area contributed by atoms with Gasteiger partial charge in [0.15, 0.2) is 5.16 Å². The molecule has 1 fully saturated rings. The fourth-order valence-electron chi connectivity index (χ4n) is 3.15. The number of benzene rings is 1. The van der Waals surface area contributed by atoms with E-state index in [-0.39, 0.29) is 22.7 Å². The van der Waals surface area contributed by atoms with Crippen LogP contribution in [-0.2, 0) is 33.0 Å². The zero-order valence-corrected chi connectivity index (χ0v) is 20.3. The van der Waals surface area contributed by atoms with Crippen LogP contribution in [0.5, 0.6) is 5.75 Å². The number of hydrogen-bond donors (Lipinski definition) is 1. The number of thioether (sulfide) groups is 1. The summed E-state index contributed by atoms with van der Waals surface area (Å²) in [7, 11) is -1.85. The van der Waals surface area contributed by atoms with Crippen LogP contribution in [0, 0.1) is 0 Å². The predicted octanol–water partition coefficient (Wildman–Crippen LogP) is 1.92. The molecule has 1 aliphatic heterocycles. The number of rotatable bonds is 9. The number of sulfonamides is 1. The quantitative estimate of drug-likeness (QED) is 0.538. The molecule has 176 valence electrons. The van der Waals surface area contributed by atoms with Crippen molar-refractivity contribution < 1.29 is 22.7 Å². The van der Waals surface area contributed by atoms with Crippen molar-refractivity contribution in [2.45, 2.75) is 43.3 Å². The van der Waals surface area contributed by atoms with E-state index in [1.165, 1.54) is 28.2 Å². The summed E-state index contributed by atoms with van der Waals surface area (Å²) in [6.07, 6.45) is 0.601. The Morgan fingerprint density at radius 1 is 1.28 bits per heavy atom. The van der Waals surface area contributed by atoms with Crippen LogP contribution in [0.1, 0.15) is 26.6 Å². The standard InChI is InChI=1S/C20H29N5O5S2/c1-5-18-22-23-20(24(18)4)31-13-19(26)21-16-12-15(6-7-17(16)30-14(2)3)32(27,28)25-8-10-29-11-9-25/h6-7,12,14H,5,8-11,13H2,1-4H3,(H,21,26). The molecular formula is C20H29N5O5S2. The second-order valence-electron chi connectivity index (χ2n) is 7.49. The van der Waals surface area contributed by atoms with Crippen LogP contribution in [0.3, 0.4) is 0 Å². The molecule has 12 heteroatoms. The number of hydrogen-bond acceptors (Lipinski definition) is 8. The molecule has 10 nitrogen and oxygen atoms in total. The Balaban J connectivity index is 1.78. The molecule has 1 aromatic carbocycles. The summed E-state index contributed by atoms with van der Waals surface area (Å²) < 4.78 is 40.3. The molecule has 0 saturated carbocycles. The summed E-state index contributed by atoms with van der Waals surface area (Å²) >= 11 is 1.26. The summed E-state index contributed by atoms with van der Waals surface area (Å²) in [6.45, 7) is 7.01. The van der Waals surface area contributed by atoms with Gasteiger partial charge < -0.3 is 19.4 Å². The molecule has 0 aliphatic carbocycles. The Labute approximate surface area is 192 Å². The highest BCUT2D eigenvalue weighted by Gasteiger charge is 2.27. The van der Waals surface area contributed by atoms with Crippen LogP contribution >= 0.6 is 11.8 Å². The molecule has 32 heavy (non-hydrogen) atoms. The van der Waals surface area contributed by atoms with Gasteiger partial charge in [0.2, 0.25) is 15.9 Å². The van der Waals surface area contributed by atoms with Crippen LogP contribution in [0.4, 0.5) is 5.69 Å². The second-order valence-corrected chi connectivity index (χ2v) is 10.4. The first kappa shape index (κ1) is 24.5. The van der Waals surface area contributed by atoms with E-state index in [1.54, 1.807) is 6.07 Å². The highest BCUT2D eigenvalue weighted by molar-refractivity contribution is 7.99. The van der Waals surface area contributed by atoms with Gasteiger partial charge in [-0.05, 0) is 32.0 Å². The Kier molecular flexibility index (Phi) is 8.15. The maximum atomic E-state index is 13.0. The van der Waals surface area contributed by atoms with Crippen molar-refractivity contribution in [3.05, 3.63) is 24.0 Å². The highest BCUT2D eigenvalue weighted by Crippen LogP contribution is 2.30. The molecule has 1 aromatic heterocycles.